The van der Waals surface area contributed by atoms with Crippen molar-refractivity contribution in [2.24, 2.45) is 0 Å². The summed E-state index contributed by atoms with van der Waals surface area (Å²) in [5.74, 6) is 0. The number of nitrogens with one attached hydrogen (secondary N) is 1. The highest BCUT2D eigenvalue weighted by Crippen LogP contribution is 2.20. The van der Waals surface area contributed by atoms with Gasteiger partial charge in [0.15, 0.2) is 0 Å². The fourth-order valence-electron chi connectivity index (χ4n) is 2.79. The van der Waals surface area contributed by atoms with Crippen LogP contribution in [0.3, 0.4) is 0 Å². The highest BCUT2D eigenvalue weighted by molar-refractivity contribution is 5.25. The normalized spacial score (nSPS) is 18.7. The minimum absolute atomic E-state index is 0.854. The lowest BCUT2D eigenvalue weighted by Gasteiger charge is -2.15. The third-order valence-corrected chi connectivity index (χ3v) is 4.11. The van der Waals surface area contributed by atoms with Gasteiger partial charge in [0.1, 0.15) is 0 Å². The molecule has 0 amide bonds. The quantitative estimate of drug-likeness (QED) is 0.778. The van der Waals surface area contributed by atoms with Gasteiger partial charge in [0, 0.05) is 17.4 Å². The predicted molar refractivity (Wildman–Crippen MR) is 74.8 cm³/mol. The molecule has 1 aromatic heterocycles. The van der Waals surface area contributed by atoms with Gasteiger partial charge in [-0.05, 0) is 76.0 Å². The summed E-state index contributed by atoms with van der Waals surface area (Å²) in [4.78, 5) is 4.84. The van der Waals surface area contributed by atoms with E-state index in [0.29, 0.717) is 0 Å². The number of aromatic nitrogens is 1. The molecule has 0 saturated heterocycles. The van der Waals surface area contributed by atoms with Crippen molar-refractivity contribution in [2.45, 2.75) is 63.8 Å². The highest BCUT2D eigenvalue weighted by Gasteiger charge is 2.19. The van der Waals surface area contributed by atoms with E-state index in [9.17, 15) is 0 Å². The smallest absolute Gasteiger partial charge is 0.0438 e. The molecule has 0 unspecified atom stereocenters. The Labute approximate surface area is 110 Å². The first-order valence-electron chi connectivity index (χ1n) is 7.63. The number of nitrogens with zero attached hydrogens (tertiary/aromatic N) is 1. The third kappa shape index (κ3) is 3.32. The Morgan fingerprint density at radius 2 is 2.00 bits per heavy atom. The van der Waals surface area contributed by atoms with Crippen LogP contribution in [-0.2, 0) is 19.3 Å². The molecular formula is C16H24N2. The van der Waals surface area contributed by atoms with Crippen LogP contribution in [-0.4, -0.2) is 17.6 Å². The van der Waals surface area contributed by atoms with E-state index < -0.39 is 0 Å². The summed E-state index contributed by atoms with van der Waals surface area (Å²) < 4.78 is 0. The lowest BCUT2D eigenvalue weighted by atomic mass is 9.95. The number of unbranched alkanes of at least 4 members (excludes halogenated alkanes) is 1. The van der Waals surface area contributed by atoms with Crippen molar-refractivity contribution >= 4 is 0 Å². The molecule has 1 fully saturated rings. The molecule has 1 saturated carbocycles. The highest BCUT2D eigenvalue weighted by atomic mass is 14.9. The van der Waals surface area contributed by atoms with Crippen molar-refractivity contribution in [3.8, 4) is 0 Å². The summed E-state index contributed by atoms with van der Waals surface area (Å²) in [6.45, 7) is 1.19. The summed E-state index contributed by atoms with van der Waals surface area (Å²) >= 11 is 0. The molecule has 0 bridgehead atoms. The molecule has 1 aromatic rings. The second-order valence-electron chi connectivity index (χ2n) is 5.80. The van der Waals surface area contributed by atoms with Crippen molar-refractivity contribution in [3.05, 3.63) is 29.1 Å². The number of hydrogen-bond donors (Lipinski definition) is 1. The molecule has 2 nitrogen and oxygen atoms in total. The average molecular weight is 244 g/mol. The number of hydrogen-bond acceptors (Lipinski definition) is 2. The Balaban J connectivity index is 1.43. The van der Waals surface area contributed by atoms with Crippen molar-refractivity contribution in [1.29, 1.82) is 0 Å². The van der Waals surface area contributed by atoms with Crippen LogP contribution in [0, 0.1) is 0 Å². The maximum absolute atomic E-state index is 4.84. The molecule has 0 aromatic carbocycles. The molecule has 0 atom stereocenters. The second kappa shape index (κ2) is 5.83. The topological polar surface area (TPSA) is 24.9 Å². The molecule has 2 aliphatic rings. The van der Waals surface area contributed by atoms with E-state index in [1.807, 2.05) is 0 Å². The number of aryl methyl sites for hydroxylation is 3. The summed E-state index contributed by atoms with van der Waals surface area (Å²) in [6, 6.07) is 5.42. The van der Waals surface area contributed by atoms with Gasteiger partial charge in [-0.2, -0.15) is 0 Å². The Morgan fingerprint density at radius 3 is 2.89 bits per heavy atom. The van der Waals surface area contributed by atoms with E-state index in [1.54, 1.807) is 0 Å². The largest absolute Gasteiger partial charge is 0.314 e. The SMILES string of the molecule is c1cc2c(nc1CCCCNC1CC1)CCCC2. The van der Waals surface area contributed by atoms with Crippen molar-refractivity contribution in [3.63, 3.8) is 0 Å². The molecule has 98 valence electrons. The first-order valence-corrected chi connectivity index (χ1v) is 7.63. The predicted octanol–water partition coefficient (Wildman–Crippen LogP) is 3.04. The van der Waals surface area contributed by atoms with Crippen LogP contribution in [0.4, 0.5) is 0 Å². The van der Waals surface area contributed by atoms with Gasteiger partial charge in [0.25, 0.3) is 0 Å². The van der Waals surface area contributed by atoms with Gasteiger partial charge in [-0.15, -0.1) is 0 Å². The van der Waals surface area contributed by atoms with E-state index >= 15 is 0 Å². The van der Waals surface area contributed by atoms with Gasteiger partial charge in [0.2, 0.25) is 0 Å². The van der Waals surface area contributed by atoms with Gasteiger partial charge < -0.3 is 5.32 Å². The molecule has 2 heteroatoms. The Hall–Kier alpha value is -0.890. The van der Waals surface area contributed by atoms with Gasteiger partial charge in [-0.25, -0.2) is 0 Å². The second-order valence-corrected chi connectivity index (χ2v) is 5.80. The zero-order valence-corrected chi connectivity index (χ0v) is 11.3. The third-order valence-electron chi connectivity index (χ3n) is 4.11. The molecular weight excluding hydrogens is 220 g/mol. The van der Waals surface area contributed by atoms with Gasteiger partial charge >= 0.3 is 0 Å². The fraction of sp³-hybridized carbons (Fsp3) is 0.688. The number of fused-ring (bicyclic) bond motifs is 1. The molecule has 3 rings (SSSR count). The lowest BCUT2D eigenvalue weighted by molar-refractivity contribution is 0.612. The first kappa shape index (κ1) is 12.2. The van der Waals surface area contributed by atoms with Crippen LogP contribution in [0.15, 0.2) is 12.1 Å². The zero-order chi connectivity index (χ0) is 12.2. The molecule has 1 heterocycles. The van der Waals surface area contributed by atoms with E-state index in [0.717, 1.165) is 12.5 Å². The van der Waals surface area contributed by atoms with Gasteiger partial charge in [0.05, 0.1) is 0 Å². The summed E-state index contributed by atoms with van der Waals surface area (Å²) in [5, 5.41) is 3.57. The molecule has 0 radical (unpaired) electrons. The monoisotopic (exact) mass is 244 g/mol. The zero-order valence-electron chi connectivity index (χ0n) is 11.3. The van der Waals surface area contributed by atoms with E-state index in [4.69, 9.17) is 4.98 Å². The number of rotatable bonds is 6. The summed E-state index contributed by atoms with van der Waals surface area (Å²) in [5.41, 5.74) is 4.19. The van der Waals surface area contributed by atoms with E-state index in [2.05, 4.69) is 17.4 Å². The maximum Gasteiger partial charge on any atom is 0.0438 e. The Bertz CT molecular complexity index is 396. The standard InChI is InChI=1S/C16H24N2/c1-2-7-16-13(5-1)8-9-15(18-16)6-3-4-12-17-14-10-11-14/h8-9,14,17H,1-7,10-12H2. The van der Waals surface area contributed by atoms with Crippen molar-refractivity contribution in [2.75, 3.05) is 6.54 Å². The fourth-order valence-corrected chi connectivity index (χ4v) is 2.79. The van der Waals surface area contributed by atoms with Crippen LogP contribution in [0.2, 0.25) is 0 Å². The molecule has 0 aliphatic heterocycles. The van der Waals surface area contributed by atoms with Crippen LogP contribution in [0.1, 0.15) is 55.5 Å². The number of pyridine rings is 1. The minimum Gasteiger partial charge on any atom is -0.314 e. The van der Waals surface area contributed by atoms with Crippen LogP contribution < -0.4 is 5.32 Å². The van der Waals surface area contributed by atoms with Gasteiger partial charge in [-0.3, -0.25) is 4.98 Å². The summed E-state index contributed by atoms with van der Waals surface area (Å²) in [6.07, 6.45) is 11.6. The van der Waals surface area contributed by atoms with E-state index in [1.165, 1.54) is 74.9 Å². The van der Waals surface area contributed by atoms with Crippen LogP contribution in [0.25, 0.3) is 0 Å². The van der Waals surface area contributed by atoms with Crippen LogP contribution in [0.5, 0.6) is 0 Å². The lowest BCUT2D eigenvalue weighted by Crippen LogP contribution is -2.17. The summed E-state index contributed by atoms with van der Waals surface area (Å²) in [7, 11) is 0. The first-order chi connectivity index (χ1) is 8.92. The van der Waals surface area contributed by atoms with Crippen molar-refractivity contribution in [1.82, 2.24) is 10.3 Å². The average Bonchev–Trinajstić information content (AvgIpc) is 3.22. The molecule has 18 heavy (non-hydrogen) atoms. The molecule has 1 N–H and O–H groups in total. The molecule has 0 spiro atoms. The maximum atomic E-state index is 4.84. The van der Waals surface area contributed by atoms with Crippen molar-refractivity contribution < 1.29 is 0 Å². The Kier molecular flexibility index (Phi) is 3.94. The van der Waals surface area contributed by atoms with Gasteiger partial charge in [-0.1, -0.05) is 6.07 Å². The minimum atomic E-state index is 0.854. The Morgan fingerprint density at radius 1 is 1.11 bits per heavy atom. The van der Waals surface area contributed by atoms with Crippen LogP contribution >= 0.6 is 0 Å². The van der Waals surface area contributed by atoms with E-state index in [-0.39, 0.29) is 0 Å². The molecule has 2 aliphatic carbocycles.